The molecule has 1 atom stereocenters. The van der Waals surface area contributed by atoms with Gasteiger partial charge in [-0.05, 0) is 53.9 Å². The van der Waals surface area contributed by atoms with Gasteiger partial charge in [0.2, 0.25) is 0 Å². The van der Waals surface area contributed by atoms with Gasteiger partial charge in [0.15, 0.2) is 0 Å². The molecule has 3 aromatic rings. The quantitative estimate of drug-likeness (QED) is 0.463. The van der Waals surface area contributed by atoms with E-state index < -0.39 is 0 Å². The van der Waals surface area contributed by atoms with E-state index in [1.54, 1.807) is 12.4 Å². The molecule has 0 spiro atoms. The summed E-state index contributed by atoms with van der Waals surface area (Å²) in [4.78, 5) is 31.2. The number of amides is 3. The molecule has 1 saturated heterocycles. The van der Waals surface area contributed by atoms with E-state index in [1.807, 2.05) is 67.6 Å². The summed E-state index contributed by atoms with van der Waals surface area (Å²) in [6, 6.07) is 18.5. The maximum absolute atomic E-state index is 12.7. The van der Waals surface area contributed by atoms with E-state index in [4.69, 9.17) is 4.74 Å². The number of ether oxygens (including phenoxy) is 1. The third-order valence-corrected chi connectivity index (χ3v) is 5.92. The predicted octanol–water partition coefficient (Wildman–Crippen LogP) is 3.73. The van der Waals surface area contributed by atoms with Crippen LogP contribution in [0, 0.1) is 0 Å². The molecule has 3 N–H and O–H groups in total. The summed E-state index contributed by atoms with van der Waals surface area (Å²) in [5.74, 6) is -0.118. The molecule has 4 rings (SSSR count). The van der Waals surface area contributed by atoms with Crippen LogP contribution in [0.25, 0.3) is 0 Å². The van der Waals surface area contributed by atoms with E-state index in [0.717, 1.165) is 44.0 Å². The van der Waals surface area contributed by atoms with Crippen molar-refractivity contribution < 1.29 is 14.3 Å². The van der Waals surface area contributed by atoms with E-state index in [2.05, 4.69) is 25.8 Å². The molecule has 0 unspecified atom stereocenters. The summed E-state index contributed by atoms with van der Waals surface area (Å²) >= 11 is 0. The minimum Gasteiger partial charge on any atom is -0.379 e. The molecule has 8 nitrogen and oxygen atoms in total. The van der Waals surface area contributed by atoms with Gasteiger partial charge in [0, 0.05) is 49.8 Å². The lowest BCUT2D eigenvalue weighted by atomic mass is 10.1. The molecule has 0 saturated carbocycles. The molecular formula is C27H31N5O3. The molecule has 182 valence electrons. The molecule has 1 aromatic heterocycles. The van der Waals surface area contributed by atoms with Crippen LogP contribution in [0.4, 0.5) is 10.5 Å². The maximum Gasteiger partial charge on any atom is 0.319 e. The van der Waals surface area contributed by atoms with E-state index >= 15 is 0 Å². The Labute approximate surface area is 205 Å². The van der Waals surface area contributed by atoms with Crippen molar-refractivity contribution >= 4 is 17.6 Å². The van der Waals surface area contributed by atoms with Crippen molar-refractivity contribution in [3.63, 3.8) is 0 Å². The van der Waals surface area contributed by atoms with Gasteiger partial charge in [-0.1, -0.05) is 30.3 Å². The Morgan fingerprint density at radius 2 is 1.74 bits per heavy atom. The highest BCUT2D eigenvalue weighted by atomic mass is 16.5. The van der Waals surface area contributed by atoms with Crippen molar-refractivity contribution in [2.75, 3.05) is 31.6 Å². The fourth-order valence-electron chi connectivity index (χ4n) is 3.86. The zero-order chi connectivity index (χ0) is 24.5. The number of hydrogen-bond donors (Lipinski definition) is 3. The van der Waals surface area contributed by atoms with E-state index in [1.165, 1.54) is 5.56 Å². The predicted molar refractivity (Wildman–Crippen MR) is 135 cm³/mol. The van der Waals surface area contributed by atoms with Gasteiger partial charge in [0.25, 0.3) is 5.91 Å². The second-order valence-electron chi connectivity index (χ2n) is 8.57. The lowest BCUT2D eigenvalue weighted by Gasteiger charge is -2.26. The lowest BCUT2D eigenvalue weighted by Crippen LogP contribution is -2.35. The van der Waals surface area contributed by atoms with Gasteiger partial charge in [0.05, 0.1) is 19.3 Å². The first-order chi connectivity index (χ1) is 17.1. The smallest absolute Gasteiger partial charge is 0.319 e. The number of benzene rings is 2. The number of hydrogen-bond acceptors (Lipinski definition) is 5. The zero-order valence-electron chi connectivity index (χ0n) is 19.9. The number of pyridine rings is 1. The Bertz CT molecular complexity index is 1100. The third kappa shape index (κ3) is 7.37. The number of rotatable bonds is 8. The van der Waals surface area contributed by atoms with Crippen molar-refractivity contribution in [3.05, 3.63) is 95.3 Å². The Morgan fingerprint density at radius 1 is 1.00 bits per heavy atom. The second-order valence-corrected chi connectivity index (χ2v) is 8.57. The number of aromatic nitrogens is 1. The molecule has 0 bridgehead atoms. The average molecular weight is 474 g/mol. The number of nitrogens with zero attached hydrogens (tertiary/aromatic N) is 2. The first-order valence-corrected chi connectivity index (χ1v) is 11.8. The molecule has 2 aromatic carbocycles. The van der Waals surface area contributed by atoms with Crippen LogP contribution in [0.2, 0.25) is 0 Å². The SMILES string of the molecule is C[C@@H](NC(=O)c1ccc(CN2CCOCC2)cc1)c1ccc(NC(=O)NCc2cccnc2)cc1. The van der Waals surface area contributed by atoms with Crippen molar-refractivity contribution in [3.8, 4) is 0 Å². The monoisotopic (exact) mass is 473 g/mol. The third-order valence-electron chi connectivity index (χ3n) is 5.92. The van der Waals surface area contributed by atoms with Gasteiger partial charge in [-0.3, -0.25) is 14.7 Å². The van der Waals surface area contributed by atoms with Crippen LogP contribution in [-0.4, -0.2) is 48.1 Å². The molecular weight excluding hydrogens is 442 g/mol. The van der Waals surface area contributed by atoms with Gasteiger partial charge in [-0.2, -0.15) is 0 Å². The van der Waals surface area contributed by atoms with Crippen LogP contribution >= 0.6 is 0 Å². The average Bonchev–Trinajstić information content (AvgIpc) is 2.89. The molecule has 0 radical (unpaired) electrons. The van der Waals surface area contributed by atoms with Crippen LogP contribution in [-0.2, 0) is 17.8 Å². The summed E-state index contributed by atoms with van der Waals surface area (Å²) in [5, 5.41) is 8.65. The van der Waals surface area contributed by atoms with Gasteiger partial charge in [0.1, 0.15) is 0 Å². The molecule has 1 aliphatic rings. The molecule has 0 aliphatic carbocycles. The Hall–Kier alpha value is -3.75. The number of urea groups is 1. The summed E-state index contributed by atoms with van der Waals surface area (Å²) in [7, 11) is 0. The first kappa shape index (κ1) is 24.4. The van der Waals surface area contributed by atoms with Crippen LogP contribution in [0.1, 0.15) is 40.0 Å². The van der Waals surface area contributed by atoms with Crippen LogP contribution < -0.4 is 16.0 Å². The second kappa shape index (κ2) is 12.1. The topological polar surface area (TPSA) is 95.6 Å². The first-order valence-electron chi connectivity index (χ1n) is 11.8. The molecule has 3 amide bonds. The van der Waals surface area contributed by atoms with Gasteiger partial charge in [-0.25, -0.2) is 4.79 Å². The number of anilines is 1. The number of nitrogens with one attached hydrogen (secondary N) is 3. The number of carbonyl (C=O) groups excluding carboxylic acids is 2. The highest BCUT2D eigenvalue weighted by molar-refractivity contribution is 5.94. The van der Waals surface area contributed by atoms with Crippen molar-refractivity contribution in [1.29, 1.82) is 0 Å². The van der Waals surface area contributed by atoms with Crippen molar-refractivity contribution in [2.45, 2.75) is 26.1 Å². The Balaban J connectivity index is 1.24. The molecule has 1 fully saturated rings. The summed E-state index contributed by atoms with van der Waals surface area (Å²) in [6.45, 7) is 6.62. The summed E-state index contributed by atoms with van der Waals surface area (Å²) in [6.07, 6.45) is 3.41. The van der Waals surface area contributed by atoms with Gasteiger partial charge >= 0.3 is 6.03 Å². The molecule has 8 heteroatoms. The normalized spacial score (nSPS) is 14.7. The number of carbonyl (C=O) groups is 2. The Kier molecular flexibility index (Phi) is 8.43. The van der Waals surface area contributed by atoms with Crippen molar-refractivity contribution in [1.82, 2.24) is 20.5 Å². The summed E-state index contributed by atoms with van der Waals surface area (Å²) in [5.41, 5.74) is 4.36. The summed E-state index contributed by atoms with van der Waals surface area (Å²) < 4.78 is 5.39. The van der Waals surface area contributed by atoms with E-state index in [0.29, 0.717) is 17.8 Å². The minimum atomic E-state index is -0.292. The van der Waals surface area contributed by atoms with Crippen molar-refractivity contribution in [2.24, 2.45) is 0 Å². The maximum atomic E-state index is 12.7. The van der Waals surface area contributed by atoms with E-state index in [-0.39, 0.29) is 18.0 Å². The molecule has 1 aliphatic heterocycles. The van der Waals surface area contributed by atoms with Crippen LogP contribution in [0.3, 0.4) is 0 Å². The van der Waals surface area contributed by atoms with Crippen LogP contribution in [0.5, 0.6) is 0 Å². The zero-order valence-corrected chi connectivity index (χ0v) is 19.9. The molecule has 2 heterocycles. The standard InChI is InChI=1S/C27H31N5O3/c1-20(30-26(33)24-6-4-21(5-7-24)19-32-13-15-35-16-14-32)23-8-10-25(11-9-23)31-27(34)29-18-22-3-2-12-28-17-22/h2-12,17,20H,13-16,18-19H2,1H3,(H,30,33)(H2,29,31,34)/t20-/m1/s1. The fourth-order valence-corrected chi connectivity index (χ4v) is 3.86. The highest BCUT2D eigenvalue weighted by Crippen LogP contribution is 2.17. The number of morpholine rings is 1. The minimum absolute atomic E-state index is 0.118. The van der Waals surface area contributed by atoms with Gasteiger partial charge in [-0.15, -0.1) is 0 Å². The van der Waals surface area contributed by atoms with Gasteiger partial charge < -0.3 is 20.7 Å². The largest absolute Gasteiger partial charge is 0.379 e. The Morgan fingerprint density at radius 3 is 2.43 bits per heavy atom. The fraction of sp³-hybridized carbons (Fsp3) is 0.296. The lowest BCUT2D eigenvalue weighted by molar-refractivity contribution is 0.0342. The van der Waals surface area contributed by atoms with Crippen LogP contribution in [0.15, 0.2) is 73.1 Å². The molecule has 35 heavy (non-hydrogen) atoms. The highest BCUT2D eigenvalue weighted by Gasteiger charge is 2.14. The van der Waals surface area contributed by atoms with E-state index in [9.17, 15) is 9.59 Å².